The van der Waals surface area contributed by atoms with Crippen molar-refractivity contribution in [1.29, 1.82) is 0 Å². The van der Waals surface area contributed by atoms with Gasteiger partial charge in [0.05, 0.1) is 18.9 Å². The highest BCUT2D eigenvalue weighted by Gasteiger charge is 2.26. The fourth-order valence-corrected chi connectivity index (χ4v) is 2.81. The van der Waals surface area contributed by atoms with Gasteiger partial charge in [0.25, 0.3) is 0 Å². The molecule has 0 saturated carbocycles. The van der Waals surface area contributed by atoms with Crippen LogP contribution in [0.5, 0.6) is 0 Å². The average molecular weight is 313 g/mol. The molecule has 0 amide bonds. The highest BCUT2D eigenvalue weighted by atomic mass is 19.1. The van der Waals surface area contributed by atoms with Crippen molar-refractivity contribution in [2.75, 3.05) is 30.1 Å². The highest BCUT2D eigenvalue weighted by Crippen LogP contribution is 2.36. The standard InChI is InChI=1S/C18H20FN3O/c1-4-15(23)10-22-11-21(3)18-17(22)8-14(9-20-18)13-5-6-16(19)12(2)7-13/h5-9H,4,10-11H2,1-3H3. The van der Waals surface area contributed by atoms with Crippen LogP contribution in [-0.4, -0.2) is 31.0 Å². The second kappa shape index (κ2) is 5.99. The summed E-state index contributed by atoms with van der Waals surface area (Å²) in [7, 11) is 1.96. The number of carbonyl (C=O) groups excluding carboxylic acids is 1. The molecular formula is C18H20FN3O. The van der Waals surface area contributed by atoms with Crippen LogP contribution in [0, 0.1) is 12.7 Å². The number of nitrogens with zero attached hydrogens (tertiary/aromatic N) is 3. The summed E-state index contributed by atoms with van der Waals surface area (Å²) in [5.74, 6) is 0.864. The van der Waals surface area contributed by atoms with Gasteiger partial charge in [0.2, 0.25) is 0 Å². The number of hydrogen-bond donors (Lipinski definition) is 0. The van der Waals surface area contributed by atoms with Crippen molar-refractivity contribution in [1.82, 2.24) is 4.98 Å². The first kappa shape index (κ1) is 15.5. The molecule has 0 saturated heterocycles. The molecule has 1 aromatic heterocycles. The molecule has 0 fully saturated rings. The molecule has 23 heavy (non-hydrogen) atoms. The van der Waals surface area contributed by atoms with Crippen LogP contribution in [0.1, 0.15) is 18.9 Å². The lowest BCUT2D eigenvalue weighted by atomic mass is 10.0. The normalized spacial score (nSPS) is 13.4. The van der Waals surface area contributed by atoms with Gasteiger partial charge in [-0.05, 0) is 36.2 Å². The molecule has 2 heterocycles. The Morgan fingerprint density at radius 3 is 2.78 bits per heavy atom. The Morgan fingerprint density at radius 2 is 2.09 bits per heavy atom. The molecule has 120 valence electrons. The number of fused-ring (bicyclic) bond motifs is 1. The van der Waals surface area contributed by atoms with E-state index in [0.717, 1.165) is 22.6 Å². The van der Waals surface area contributed by atoms with Crippen molar-refractivity contribution >= 4 is 17.3 Å². The van der Waals surface area contributed by atoms with E-state index in [1.165, 1.54) is 6.07 Å². The number of rotatable bonds is 4. The number of Topliss-reactive ketones (excluding diaryl/α,β-unsaturated/α-hetero) is 1. The number of aromatic nitrogens is 1. The number of ketones is 1. The van der Waals surface area contributed by atoms with E-state index in [0.29, 0.717) is 25.2 Å². The molecule has 1 aliphatic heterocycles. The van der Waals surface area contributed by atoms with Gasteiger partial charge in [-0.15, -0.1) is 0 Å². The number of hydrogen-bond acceptors (Lipinski definition) is 4. The number of aryl methyl sites for hydroxylation is 1. The molecule has 0 spiro atoms. The minimum Gasteiger partial charge on any atom is -0.343 e. The van der Waals surface area contributed by atoms with Gasteiger partial charge >= 0.3 is 0 Å². The zero-order chi connectivity index (χ0) is 16.6. The predicted octanol–water partition coefficient (Wildman–Crippen LogP) is 3.39. The summed E-state index contributed by atoms with van der Waals surface area (Å²) in [5, 5.41) is 0. The van der Waals surface area contributed by atoms with Crippen LogP contribution in [0.3, 0.4) is 0 Å². The van der Waals surface area contributed by atoms with Gasteiger partial charge in [-0.3, -0.25) is 4.79 Å². The Morgan fingerprint density at radius 1 is 1.30 bits per heavy atom. The Hall–Kier alpha value is -2.43. The number of anilines is 2. The van der Waals surface area contributed by atoms with E-state index in [4.69, 9.17) is 0 Å². The van der Waals surface area contributed by atoms with Crippen molar-refractivity contribution in [2.24, 2.45) is 0 Å². The first-order valence-corrected chi connectivity index (χ1v) is 7.74. The molecule has 0 radical (unpaired) electrons. The zero-order valence-corrected chi connectivity index (χ0v) is 13.6. The quantitative estimate of drug-likeness (QED) is 0.867. The molecular weight excluding hydrogens is 293 g/mol. The Kier molecular flexibility index (Phi) is 4.03. The van der Waals surface area contributed by atoms with Crippen LogP contribution in [0.4, 0.5) is 15.9 Å². The maximum absolute atomic E-state index is 13.5. The predicted molar refractivity (Wildman–Crippen MR) is 90.3 cm³/mol. The van der Waals surface area contributed by atoms with Crippen LogP contribution in [0.15, 0.2) is 30.5 Å². The lowest BCUT2D eigenvalue weighted by Crippen LogP contribution is -2.32. The van der Waals surface area contributed by atoms with Gasteiger partial charge in [0.1, 0.15) is 5.82 Å². The summed E-state index contributed by atoms with van der Waals surface area (Å²) in [4.78, 5) is 20.4. The topological polar surface area (TPSA) is 36.4 Å². The molecule has 3 rings (SSSR count). The molecule has 1 aromatic carbocycles. The Balaban J connectivity index is 1.98. The zero-order valence-electron chi connectivity index (χ0n) is 13.6. The Labute approximate surface area is 135 Å². The molecule has 4 nitrogen and oxygen atoms in total. The highest BCUT2D eigenvalue weighted by molar-refractivity contribution is 5.87. The average Bonchev–Trinajstić information content (AvgIpc) is 2.85. The molecule has 5 heteroatoms. The molecule has 0 N–H and O–H groups in total. The third-order valence-corrected chi connectivity index (χ3v) is 4.19. The molecule has 0 unspecified atom stereocenters. The fourth-order valence-electron chi connectivity index (χ4n) is 2.81. The fraction of sp³-hybridized carbons (Fsp3) is 0.333. The number of halogens is 1. The van der Waals surface area contributed by atoms with Crippen LogP contribution in [0.25, 0.3) is 11.1 Å². The van der Waals surface area contributed by atoms with Crippen molar-refractivity contribution in [3.05, 3.63) is 41.8 Å². The third kappa shape index (κ3) is 2.91. The van der Waals surface area contributed by atoms with Crippen molar-refractivity contribution in [3.63, 3.8) is 0 Å². The van der Waals surface area contributed by atoms with Gasteiger partial charge in [0.15, 0.2) is 11.6 Å². The first-order chi connectivity index (χ1) is 11.0. The monoisotopic (exact) mass is 313 g/mol. The molecule has 0 atom stereocenters. The van der Waals surface area contributed by atoms with E-state index in [9.17, 15) is 9.18 Å². The molecule has 1 aliphatic rings. The summed E-state index contributed by atoms with van der Waals surface area (Å²) < 4.78 is 13.5. The summed E-state index contributed by atoms with van der Waals surface area (Å²) in [5.41, 5.74) is 3.42. The smallest absolute Gasteiger partial charge is 0.153 e. The lowest BCUT2D eigenvalue weighted by molar-refractivity contribution is -0.117. The number of pyridine rings is 1. The number of carbonyl (C=O) groups is 1. The maximum atomic E-state index is 13.5. The molecule has 0 aliphatic carbocycles. The van der Waals surface area contributed by atoms with Crippen molar-refractivity contribution in [3.8, 4) is 11.1 Å². The van der Waals surface area contributed by atoms with E-state index in [1.54, 1.807) is 19.2 Å². The van der Waals surface area contributed by atoms with E-state index in [2.05, 4.69) is 4.98 Å². The first-order valence-electron chi connectivity index (χ1n) is 7.74. The minimum absolute atomic E-state index is 0.203. The van der Waals surface area contributed by atoms with Crippen molar-refractivity contribution < 1.29 is 9.18 Å². The van der Waals surface area contributed by atoms with Crippen LogP contribution >= 0.6 is 0 Å². The van der Waals surface area contributed by atoms with Gasteiger partial charge in [-0.2, -0.15) is 0 Å². The Bertz CT molecular complexity index is 760. The molecule has 0 bridgehead atoms. The van der Waals surface area contributed by atoms with Crippen molar-refractivity contribution in [2.45, 2.75) is 20.3 Å². The summed E-state index contributed by atoms with van der Waals surface area (Å²) in [6, 6.07) is 7.08. The number of benzene rings is 1. The van der Waals surface area contributed by atoms with Gasteiger partial charge < -0.3 is 9.80 Å². The van der Waals surface area contributed by atoms with Gasteiger partial charge in [0, 0.05) is 25.2 Å². The van der Waals surface area contributed by atoms with Gasteiger partial charge in [-0.1, -0.05) is 13.0 Å². The molecule has 2 aromatic rings. The van der Waals surface area contributed by atoms with Gasteiger partial charge in [-0.25, -0.2) is 9.37 Å². The third-order valence-electron chi connectivity index (χ3n) is 4.19. The SMILES string of the molecule is CCC(=O)CN1CN(C)c2ncc(-c3ccc(F)c(C)c3)cc21. The largest absolute Gasteiger partial charge is 0.343 e. The van der Waals surface area contributed by atoms with E-state index >= 15 is 0 Å². The van der Waals surface area contributed by atoms with Crippen LogP contribution in [-0.2, 0) is 4.79 Å². The second-order valence-electron chi connectivity index (χ2n) is 5.96. The maximum Gasteiger partial charge on any atom is 0.153 e. The summed E-state index contributed by atoms with van der Waals surface area (Å²) in [6.07, 6.45) is 2.33. The van der Waals surface area contributed by atoms with Crippen LogP contribution < -0.4 is 9.80 Å². The minimum atomic E-state index is -0.210. The van der Waals surface area contributed by atoms with E-state index in [-0.39, 0.29) is 11.6 Å². The second-order valence-corrected chi connectivity index (χ2v) is 5.96. The summed E-state index contributed by atoms with van der Waals surface area (Å²) in [6.45, 7) is 4.67. The summed E-state index contributed by atoms with van der Waals surface area (Å²) >= 11 is 0. The lowest BCUT2D eigenvalue weighted by Gasteiger charge is -2.17. The van der Waals surface area contributed by atoms with E-state index in [1.807, 2.05) is 35.9 Å². The van der Waals surface area contributed by atoms with Crippen LogP contribution in [0.2, 0.25) is 0 Å². The van der Waals surface area contributed by atoms with E-state index < -0.39 is 0 Å².